The molecule has 4 rings (SSSR count). The molecule has 2 N–H and O–H groups in total. The smallest absolute Gasteiger partial charge is 0.319 e. The van der Waals surface area contributed by atoms with Gasteiger partial charge in [0.05, 0.1) is 6.61 Å². The Balaban J connectivity index is 1.35. The summed E-state index contributed by atoms with van der Waals surface area (Å²) in [7, 11) is 0. The molecule has 1 saturated heterocycles. The second kappa shape index (κ2) is 8.16. The van der Waals surface area contributed by atoms with Crippen LogP contribution in [0.1, 0.15) is 25.7 Å². The van der Waals surface area contributed by atoms with Gasteiger partial charge in [0.25, 0.3) is 0 Å². The van der Waals surface area contributed by atoms with Gasteiger partial charge in [0.2, 0.25) is 0 Å². The molecule has 1 saturated carbocycles. The maximum atomic E-state index is 14.3. The molecule has 6 nitrogen and oxygen atoms in total. The number of hydrogen-bond donors (Lipinski definition) is 2. The maximum Gasteiger partial charge on any atom is 0.319 e. The van der Waals surface area contributed by atoms with Crippen LogP contribution in [0.15, 0.2) is 48.5 Å². The zero-order valence-electron chi connectivity index (χ0n) is 15.4. The van der Waals surface area contributed by atoms with Gasteiger partial charge in [0.15, 0.2) is 17.4 Å². The van der Waals surface area contributed by atoms with E-state index in [0.29, 0.717) is 12.4 Å². The van der Waals surface area contributed by atoms with Crippen molar-refractivity contribution in [2.75, 3.05) is 18.5 Å². The first-order valence-electron chi connectivity index (χ1n) is 9.52. The minimum Gasteiger partial charge on any atom is -0.455 e. The second-order valence-electron chi connectivity index (χ2n) is 7.03. The van der Waals surface area contributed by atoms with Crippen LogP contribution in [0.2, 0.25) is 0 Å². The lowest BCUT2D eigenvalue weighted by molar-refractivity contribution is -0.160. The Kier molecular flexibility index (Phi) is 5.45. The molecule has 1 aliphatic carbocycles. The summed E-state index contributed by atoms with van der Waals surface area (Å²) < 4.78 is 31.8. The molecule has 2 aromatic carbocycles. The van der Waals surface area contributed by atoms with Crippen molar-refractivity contribution in [1.82, 2.24) is 5.32 Å². The molecule has 1 heterocycles. The first kappa shape index (κ1) is 18.7. The zero-order valence-corrected chi connectivity index (χ0v) is 15.4. The van der Waals surface area contributed by atoms with Crippen LogP contribution in [0, 0.1) is 5.82 Å². The number of hydrogen-bond acceptors (Lipinski definition) is 4. The number of benzene rings is 2. The molecule has 0 radical (unpaired) electrons. The molecular weight excluding hydrogens is 363 g/mol. The minimum atomic E-state index is -0.575. The van der Waals surface area contributed by atoms with Crippen molar-refractivity contribution in [3.8, 4) is 11.5 Å². The third-order valence-corrected chi connectivity index (χ3v) is 4.95. The van der Waals surface area contributed by atoms with Crippen molar-refractivity contribution in [1.29, 1.82) is 0 Å². The number of ether oxygens (including phenoxy) is 3. The van der Waals surface area contributed by atoms with Crippen LogP contribution >= 0.6 is 0 Å². The number of amides is 2. The number of carbonyl (C=O) groups excluding carboxylic acids is 1. The molecule has 0 aromatic heterocycles. The molecule has 2 aromatic rings. The van der Waals surface area contributed by atoms with Crippen molar-refractivity contribution < 1.29 is 23.4 Å². The van der Waals surface area contributed by atoms with Crippen LogP contribution in [0.3, 0.4) is 0 Å². The molecule has 1 aliphatic heterocycles. The maximum absolute atomic E-state index is 14.3. The SMILES string of the molecule is O=C(NCC1COC2(CCCC2)O1)Nc1c(F)cccc1Oc1ccccc1. The Labute approximate surface area is 163 Å². The Morgan fingerprint density at radius 3 is 2.71 bits per heavy atom. The molecule has 1 unspecified atom stereocenters. The van der Waals surface area contributed by atoms with E-state index >= 15 is 0 Å². The van der Waals surface area contributed by atoms with E-state index in [-0.39, 0.29) is 24.1 Å². The van der Waals surface area contributed by atoms with Gasteiger partial charge >= 0.3 is 6.03 Å². The summed E-state index contributed by atoms with van der Waals surface area (Å²) in [5.74, 6) is -0.263. The third kappa shape index (κ3) is 4.26. The summed E-state index contributed by atoms with van der Waals surface area (Å²) >= 11 is 0. The number of halogens is 1. The zero-order chi connectivity index (χ0) is 19.4. The molecule has 2 aliphatic rings. The molecule has 7 heteroatoms. The van der Waals surface area contributed by atoms with Gasteiger partial charge in [-0.2, -0.15) is 0 Å². The van der Waals surface area contributed by atoms with Gasteiger partial charge in [-0.15, -0.1) is 0 Å². The number of urea groups is 1. The van der Waals surface area contributed by atoms with E-state index in [4.69, 9.17) is 14.2 Å². The largest absolute Gasteiger partial charge is 0.455 e. The van der Waals surface area contributed by atoms with E-state index in [1.807, 2.05) is 18.2 Å². The average Bonchev–Trinajstić information content (AvgIpc) is 3.33. The van der Waals surface area contributed by atoms with Crippen molar-refractivity contribution in [3.63, 3.8) is 0 Å². The molecule has 2 amide bonds. The van der Waals surface area contributed by atoms with Gasteiger partial charge in [-0.25, -0.2) is 9.18 Å². The van der Waals surface area contributed by atoms with Crippen LogP contribution in [-0.4, -0.2) is 31.1 Å². The molecule has 28 heavy (non-hydrogen) atoms. The average molecular weight is 386 g/mol. The highest BCUT2D eigenvalue weighted by Crippen LogP contribution is 2.39. The quantitative estimate of drug-likeness (QED) is 0.798. The lowest BCUT2D eigenvalue weighted by atomic mass is 10.2. The lowest BCUT2D eigenvalue weighted by Gasteiger charge is -2.22. The molecule has 1 atom stereocenters. The van der Waals surface area contributed by atoms with Gasteiger partial charge < -0.3 is 24.8 Å². The van der Waals surface area contributed by atoms with E-state index in [9.17, 15) is 9.18 Å². The van der Waals surface area contributed by atoms with E-state index in [0.717, 1.165) is 25.7 Å². The summed E-state index contributed by atoms with van der Waals surface area (Å²) in [5, 5.41) is 5.26. The van der Waals surface area contributed by atoms with Gasteiger partial charge in [0.1, 0.15) is 17.5 Å². The van der Waals surface area contributed by atoms with E-state index < -0.39 is 17.6 Å². The van der Waals surface area contributed by atoms with E-state index in [2.05, 4.69) is 10.6 Å². The van der Waals surface area contributed by atoms with Gasteiger partial charge in [0, 0.05) is 19.4 Å². The Hall–Kier alpha value is -2.64. The molecular formula is C21H23FN2O4. The third-order valence-electron chi connectivity index (χ3n) is 4.95. The van der Waals surface area contributed by atoms with Gasteiger partial charge in [-0.1, -0.05) is 24.3 Å². The predicted molar refractivity (Wildman–Crippen MR) is 102 cm³/mol. The second-order valence-corrected chi connectivity index (χ2v) is 7.03. The van der Waals surface area contributed by atoms with Gasteiger partial charge in [-0.05, 0) is 37.1 Å². The van der Waals surface area contributed by atoms with Crippen molar-refractivity contribution in [2.45, 2.75) is 37.6 Å². The van der Waals surface area contributed by atoms with Crippen molar-refractivity contribution in [2.24, 2.45) is 0 Å². The fourth-order valence-corrected chi connectivity index (χ4v) is 3.58. The van der Waals surface area contributed by atoms with E-state index in [1.54, 1.807) is 18.2 Å². The molecule has 0 bridgehead atoms. The number of carbonyl (C=O) groups is 1. The number of para-hydroxylation sites is 2. The highest BCUT2D eigenvalue weighted by molar-refractivity contribution is 5.91. The van der Waals surface area contributed by atoms with Crippen LogP contribution in [0.25, 0.3) is 0 Å². The van der Waals surface area contributed by atoms with Crippen LogP contribution in [0.5, 0.6) is 11.5 Å². The summed E-state index contributed by atoms with van der Waals surface area (Å²) in [6, 6.07) is 12.9. The Morgan fingerprint density at radius 1 is 1.14 bits per heavy atom. The fourth-order valence-electron chi connectivity index (χ4n) is 3.58. The van der Waals surface area contributed by atoms with Crippen LogP contribution in [-0.2, 0) is 9.47 Å². The highest BCUT2D eigenvalue weighted by Gasteiger charge is 2.43. The first-order chi connectivity index (χ1) is 13.6. The summed E-state index contributed by atoms with van der Waals surface area (Å²) in [6.45, 7) is 0.735. The Bertz CT molecular complexity index is 824. The van der Waals surface area contributed by atoms with Crippen LogP contribution in [0.4, 0.5) is 14.9 Å². The number of rotatable bonds is 5. The van der Waals surface area contributed by atoms with Crippen molar-refractivity contribution >= 4 is 11.7 Å². The fraction of sp³-hybridized carbons (Fsp3) is 0.381. The van der Waals surface area contributed by atoms with Crippen LogP contribution < -0.4 is 15.4 Å². The predicted octanol–water partition coefficient (Wildman–Crippen LogP) is 4.43. The topological polar surface area (TPSA) is 68.8 Å². The molecule has 2 fully saturated rings. The summed E-state index contributed by atoms with van der Waals surface area (Å²) in [4.78, 5) is 12.3. The lowest BCUT2D eigenvalue weighted by Crippen LogP contribution is -2.37. The number of anilines is 1. The number of nitrogens with one attached hydrogen (secondary N) is 2. The molecule has 148 valence electrons. The van der Waals surface area contributed by atoms with Gasteiger partial charge in [-0.3, -0.25) is 0 Å². The summed E-state index contributed by atoms with van der Waals surface area (Å²) in [6.07, 6.45) is 3.77. The highest BCUT2D eigenvalue weighted by atomic mass is 19.1. The first-order valence-corrected chi connectivity index (χ1v) is 9.52. The summed E-state index contributed by atoms with van der Waals surface area (Å²) in [5.41, 5.74) is -0.0142. The normalized spacial score (nSPS) is 20.2. The minimum absolute atomic E-state index is 0.0142. The van der Waals surface area contributed by atoms with E-state index in [1.165, 1.54) is 12.1 Å². The standard InChI is InChI=1S/C21H23FN2O4/c22-17-9-6-10-18(27-15-7-2-1-3-8-15)19(17)24-20(25)23-13-16-14-26-21(28-16)11-4-5-12-21/h1-3,6-10,16H,4-5,11-14H2,(H2,23,24,25). The monoisotopic (exact) mass is 386 g/mol. The molecule has 1 spiro atoms. The Morgan fingerprint density at radius 2 is 1.93 bits per heavy atom. The van der Waals surface area contributed by atoms with Crippen molar-refractivity contribution in [3.05, 3.63) is 54.3 Å².